The second-order valence-electron chi connectivity index (χ2n) is 6.99. The summed E-state index contributed by atoms with van der Waals surface area (Å²) in [6.45, 7) is 8.67. The molecule has 110 valence electrons. The summed E-state index contributed by atoms with van der Waals surface area (Å²) in [5.74, 6) is 2.48. The molecule has 1 aliphatic heterocycles. The number of hydrogen-bond donors (Lipinski definition) is 2. The van der Waals surface area contributed by atoms with E-state index < -0.39 is 5.60 Å². The second-order valence-corrected chi connectivity index (χ2v) is 6.99. The first kappa shape index (κ1) is 14.6. The van der Waals surface area contributed by atoms with Crippen LogP contribution in [0, 0.1) is 17.8 Å². The lowest BCUT2D eigenvalue weighted by atomic mass is 9.71. The Kier molecular flexibility index (Phi) is 4.71. The van der Waals surface area contributed by atoms with E-state index in [-0.39, 0.29) is 6.09 Å². The molecular weight excluding hydrogens is 240 g/mol. The van der Waals surface area contributed by atoms with Crippen LogP contribution in [-0.2, 0) is 4.74 Å². The first-order valence-corrected chi connectivity index (χ1v) is 7.63. The Morgan fingerprint density at radius 1 is 1.32 bits per heavy atom. The molecule has 1 heterocycles. The number of ether oxygens (including phenoxy) is 1. The number of hydrogen-bond acceptors (Lipinski definition) is 3. The molecule has 2 unspecified atom stereocenters. The molecule has 1 aliphatic carbocycles. The fourth-order valence-corrected chi connectivity index (χ4v) is 3.16. The SMILES string of the molecule is CC(C)(C)OC(=O)NCCC1CNCC1C1CCC1. The maximum atomic E-state index is 11.6. The number of alkyl carbamates (subject to hydrolysis) is 1. The molecule has 2 atom stereocenters. The molecule has 0 spiro atoms. The molecule has 2 fully saturated rings. The normalized spacial score (nSPS) is 27.9. The summed E-state index contributed by atoms with van der Waals surface area (Å²) >= 11 is 0. The van der Waals surface area contributed by atoms with Gasteiger partial charge in [0, 0.05) is 6.54 Å². The Bertz CT molecular complexity index is 308. The van der Waals surface area contributed by atoms with E-state index in [9.17, 15) is 4.79 Å². The van der Waals surface area contributed by atoms with E-state index in [1.165, 1.54) is 25.8 Å². The number of nitrogens with one attached hydrogen (secondary N) is 2. The highest BCUT2D eigenvalue weighted by Crippen LogP contribution is 2.39. The summed E-state index contributed by atoms with van der Waals surface area (Å²) in [5.41, 5.74) is -0.409. The molecule has 0 aromatic heterocycles. The Hall–Kier alpha value is -0.770. The molecule has 1 amide bonds. The van der Waals surface area contributed by atoms with E-state index in [1.54, 1.807) is 0 Å². The lowest BCUT2D eigenvalue weighted by Gasteiger charge is -2.34. The van der Waals surface area contributed by atoms with Crippen LogP contribution >= 0.6 is 0 Å². The molecule has 2 aliphatic rings. The lowest BCUT2D eigenvalue weighted by Crippen LogP contribution is -2.35. The van der Waals surface area contributed by atoms with Crippen molar-refractivity contribution in [2.75, 3.05) is 19.6 Å². The van der Waals surface area contributed by atoms with Crippen LogP contribution in [-0.4, -0.2) is 31.3 Å². The van der Waals surface area contributed by atoms with Crippen LogP contribution in [0.4, 0.5) is 4.79 Å². The number of carbonyl (C=O) groups excluding carboxylic acids is 1. The van der Waals surface area contributed by atoms with Gasteiger partial charge in [-0.05, 0) is 58.0 Å². The van der Waals surface area contributed by atoms with Crippen molar-refractivity contribution in [1.82, 2.24) is 10.6 Å². The summed E-state index contributed by atoms with van der Waals surface area (Å²) in [7, 11) is 0. The van der Waals surface area contributed by atoms with Gasteiger partial charge in [0.15, 0.2) is 0 Å². The van der Waals surface area contributed by atoms with E-state index in [4.69, 9.17) is 4.74 Å². The zero-order valence-corrected chi connectivity index (χ0v) is 12.5. The summed E-state index contributed by atoms with van der Waals surface area (Å²) < 4.78 is 5.24. The molecule has 1 saturated heterocycles. The van der Waals surface area contributed by atoms with Gasteiger partial charge in [-0.3, -0.25) is 0 Å². The number of rotatable bonds is 4. The average Bonchev–Trinajstić information content (AvgIpc) is 2.61. The molecule has 4 heteroatoms. The molecule has 2 rings (SSSR count). The van der Waals surface area contributed by atoms with Gasteiger partial charge in [-0.1, -0.05) is 19.3 Å². The van der Waals surface area contributed by atoms with Gasteiger partial charge in [-0.2, -0.15) is 0 Å². The van der Waals surface area contributed by atoms with E-state index in [0.29, 0.717) is 0 Å². The molecule has 2 N–H and O–H groups in total. The number of carbonyl (C=O) groups is 1. The van der Waals surface area contributed by atoms with Crippen molar-refractivity contribution in [3.8, 4) is 0 Å². The third-order valence-electron chi connectivity index (χ3n) is 4.33. The minimum Gasteiger partial charge on any atom is -0.444 e. The van der Waals surface area contributed by atoms with Crippen LogP contribution in [0.25, 0.3) is 0 Å². The van der Waals surface area contributed by atoms with E-state index >= 15 is 0 Å². The minimum atomic E-state index is -0.409. The largest absolute Gasteiger partial charge is 0.444 e. The van der Waals surface area contributed by atoms with Crippen LogP contribution in [0.2, 0.25) is 0 Å². The Labute approximate surface area is 116 Å². The van der Waals surface area contributed by atoms with Gasteiger partial charge < -0.3 is 15.4 Å². The van der Waals surface area contributed by atoms with Gasteiger partial charge in [-0.15, -0.1) is 0 Å². The maximum Gasteiger partial charge on any atom is 0.407 e. The molecule has 19 heavy (non-hydrogen) atoms. The third kappa shape index (κ3) is 4.37. The summed E-state index contributed by atoms with van der Waals surface area (Å²) in [6, 6.07) is 0. The first-order chi connectivity index (χ1) is 8.96. The van der Waals surface area contributed by atoms with Gasteiger partial charge in [0.2, 0.25) is 0 Å². The zero-order valence-electron chi connectivity index (χ0n) is 12.5. The maximum absolute atomic E-state index is 11.6. The quantitative estimate of drug-likeness (QED) is 0.824. The van der Waals surface area contributed by atoms with Crippen molar-refractivity contribution in [1.29, 1.82) is 0 Å². The smallest absolute Gasteiger partial charge is 0.407 e. The van der Waals surface area contributed by atoms with Crippen molar-refractivity contribution in [2.45, 2.75) is 52.1 Å². The zero-order chi connectivity index (χ0) is 13.9. The first-order valence-electron chi connectivity index (χ1n) is 7.63. The predicted octanol–water partition coefficient (Wildman–Crippen LogP) is 2.54. The molecule has 0 aromatic rings. The van der Waals surface area contributed by atoms with Crippen molar-refractivity contribution >= 4 is 6.09 Å². The van der Waals surface area contributed by atoms with Crippen LogP contribution in [0.1, 0.15) is 46.5 Å². The van der Waals surface area contributed by atoms with Crippen molar-refractivity contribution in [3.63, 3.8) is 0 Å². The Morgan fingerprint density at radius 3 is 2.63 bits per heavy atom. The minimum absolute atomic E-state index is 0.293. The van der Waals surface area contributed by atoms with Crippen LogP contribution in [0.3, 0.4) is 0 Å². The van der Waals surface area contributed by atoms with E-state index in [2.05, 4.69) is 10.6 Å². The molecule has 4 nitrogen and oxygen atoms in total. The van der Waals surface area contributed by atoms with Crippen LogP contribution in [0.5, 0.6) is 0 Å². The monoisotopic (exact) mass is 268 g/mol. The summed E-state index contributed by atoms with van der Waals surface area (Å²) in [6.07, 6.45) is 4.99. The topological polar surface area (TPSA) is 50.4 Å². The Morgan fingerprint density at radius 2 is 2.05 bits per heavy atom. The standard InChI is InChI=1S/C15H28N2O2/c1-15(2,3)19-14(18)17-8-7-12-9-16-10-13(12)11-5-4-6-11/h11-13,16H,4-10H2,1-3H3,(H,17,18). The van der Waals surface area contributed by atoms with Gasteiger partial charge in [0.25, 0.3) is 0 Å². The third-order valence-corrected chi connectivity index (χ3v) is 4.33. The highest BCUT2D eigenvalue weighted by molar-refractivity contribution is 5.67. The molecular formula is C15H28N2O2. The fraction of sp³-hybridized carbons (Fsp3) is 0.933. The summed E-state index contributed by atoms with van der Waals surface area (Å²) in [4.78, 5) is 11.6. The van der Waals surface area contributed by atoms with Gasteiger partial charge >= 0.3 is 6.09 Å². The molecule has 0 radical (unpaired) electrons. The fourth-order valence-electron chi connectivity index (χ4n) is 3.16. The average molecular weight is 268 g/mol. The Balaban J connectivity index is 1.66. The van der Waals surface area contributed by atoms with Crippen molar-refractivity contribution < 1.29 is 9.53 Å². The highest BCUT2D eigenvalue weighted by Gasteiger charge is 2.35. The lowest BCUT2D eigenvalue weighted by molar-refractivity contribution is 0.0522. The highest BCUT2D eigenvalue weighted by atomic mass is 16.6. The second kappa shape index (κ2) is 6.12. The van der Waals surface area contributed by atoms with Gasteiger partial charge in [0.1, 0.15) is 5.60 Å². The predicted molar refractivity (Wildman–Crippen MR) is 76.0 cm³/mol. The molecule has 1 saturated carbocycles. The van der Waals surface area contributed by atoms with Gasteiger partial charge in [-0.25, -0.2) is 4.79 Å². The van der Waals surface area contributed by atoms with E-state index in [0.717, 1.165) is 37.3 Å². The van der Waals surface area contributed by atoms with Crippen LogP contribution < -0.4 is 10.6 Å². The van der Waals surface area contributed by atoms with Crippen molar-refractivity contribution in [3.05, 3.63) is 0 Å². The molecule has 0 bridgehead atoms. The van der Waals surface area contributed by atoms with Crippen LogP contribution in [0.15, 0.2) is 0 Å². The number of amides is 1. The van der Waals surface area contributed by atoms with Gasteiger partial charge in [0.05, 0.1) is 0 Å². The molecule has 0 aromatic carbocycles. The van der Waals surface area contributed by atoms with E-state index in [1.807, 2.05) is 20.8 Å². The summed E-state index contributed by atoms with van der Waals surface area (Å²) in [5, 5.41) is 6.38. The van der Waals surface area contributed by atoms with Crippen molar-refractivity contribution in [2.24, 2.45) is 17.8 Å².